The van der Waals surface area contributed by atoms with Gasteiger partial charge in [-0.3, -0.25) is 9.78 Å². The Morgan fingerprint density at radius 2 is 2.47 bits per heavy atom. The first kappa shape index (κ1) is 11.9. The lowest BCUT2D eigenvalue weighted by Crippen LogP contribution is -2.38. The molecular weight excluding hydrogens is 218 g/mol. The maximum atomic E-state index is 11.9. The Bertz CT molecular complexity index is 404. The quantitative estimate of drug-likeness (QED) is 0.781. The van der Waals surface area contributed by atoms with Crippen molar-refractivity contribution in [3.05, 3.63) is 24.0 Å². The Morgan fingerprint density at radius 3 is 3.12 bits per heavy atom. The molecular formula is C12H17N3O2. The van der Waals surface area contributed by atoms with Gasteiger partial charge in [0.05, 0.1) is 18.9 Å². The zero-order chi connectivity index (χ0) is 12.3. The lowest BCUT2D eigenvalue weighted by atomic mass is 10.2. The number of carbonyl (C=O) groups excluding carboxylic acids is 1. The summed E-state index contributed by atoms with van der Waals surface area (Å²) in [7, 11) is 1.52. The van der Waals surface area contributed by atoms with Gasteiger partial charge in [-0.15, -0.1) is 0 Å². The van der Waals surface area contributed by atoms with Crippen LogP contribution in [0.25, 0.3) is 0 Å². The van der Waals surface area contributed by atoms with Crippen LogP contribution in [0, 0.1) is 5.92 Å². The predicted octanol–water partition coefficient (Wildman–Crippen LogP) is 0.557. The van der Waals surface area contributed by atoms with Crippen molar-refractivity contribution >= 4 is 5.91 Å². The minimum absolute atomic E-state index is 0.0618. The summed E-state index contributed by atoms with van der Waals surface area (Å²) >= 11 is 0. The fourth-order valence-electron chi connectivity index (χ4n) is 1.73. The highest BCUT2D eigenvalue weighted by Gasteiger charge is 2.28. The molecule has 1 unspecified atom stereocenters. The molecule has 0 bridgehead atoms. The first-order valence-corrected chi connectivity index (χ1v) is 5.74. The van der Waals surface area contributed by atoms with Gasteiger partial charge in [0.15, 0.2) is 0 Å². The Morgan fingerprint density at radius 1 is 1.71 bits per heavy atom. The highest BCUT2D eigenvalue weighted by atomic mass is 16.5. The highest BCUT2D eigenvalue weighted by Crippen LogP contribution is 2.31. The van der Waals surface area contributed by atoms with Gasteiger partial charge in [0.2, 0.25) is 0 Å². The lowest BCUT2D eigenvalue weighted by Gasteiger charge is -2.12. The van der Waals surface area contributed by atoms with E-state index in [4.69, 9.17) is 10.5 Å². The van der Waals surface area contributed by atoms with E-state index in [1.54, 1.807) is 12.3 Å². The molecule has 1 aromatic rings. The third-order valence-corrected chi connectivity index (χ3v) is 2.97. The van der Waals surface area contributed by atoms with Gasteiger partial charge < -0.3 is 15.8 Å². The summed E-state index contributed by atoms with van der Waals surface area (Å²) in [4.78, 5) is 15.8. The van der Waals surface area contributed by atoms with Crippen LogP contribution in [0.4, 0.5) is 0 Å². The average molecular weight is 235 g/mol. The minimum atomic E-state index is -0.166. The van der Waals surface area contributed by atoms with E-state index in [9.17, 15) is 4.79 Å². The SMILES string of the molecule is COc1cnccc1C(=O)NCC(N)C1CC1. The second kappa shape index (κ2) is 5.14. The van der Waals surface area contributed by atoms with E-state index in [1.807, 2.05) is 0 Å². The van der Waals surface area contributed by atoms with E-state index in [2.05, 4.69) is 10.3 Å². The van der Waals surface area contributed by atoms with E-state index in [0.29, 0.717) is 23.8 Å². The fraction of sp³-hybridized carbons (Fsp3) is 0.500. The number of nitrogens with one attached hydrogen (secondary N) is 1. The molecule has 1 aromatic heterocycles. The van der Waals surface area contributed by atoms with Gasteiger partial charge in [0.25, 0.3) is 5.91 Å². The zero-order valence-electron chi connectivity index (χ0n) is 9.85. The molecule has 0 radical (unpaired) electrons. The molecule has 1 atom stereocenters. The molecule has 3 N–H and O–H groups in total. The molecule has 1 amide bonds. The summed E-state index contributed by atoms with van der Waals surface area (Å²) < 4.78 is 5.08. The molecule has 5 heteroatoms. The molecule has 0 aliphatic heterocycles. The predicted molar refractivity (Wildman–Crippen MR) is 63.8 cm³/mol. The number of hydrogen-bond acceptors (Lipinski definition) is 4. The Labute approximate surface area is 100 Å². The highest BCUT2D eigenvalue weighted by molar-refractivity contribution is 5.96. The number of ether oxygens (including phenoxy) is 1. The van der Waals surface area contributed by atoms with E-state index in [-0.39, 0.29) is 11.9 Å². The number of nitrogens with zero attached hydrogens (tertiary/aromatic N) is 1. The molecule has 0 aromatic carbocycles. The van der Waals surface area contributed by atoms with Crippen LogP contribution in [-0.4, -0.2) is 30.6 Å². The van der Waals surface area contributed by atoms with Crippen molar-refractivity contribution < 1.29 is 9.53 Å². The Balaban J connectivity index is 1.94. The van der Waals surface area contributed by atoms with Gasteiger partial charge in [0, 0.05) is 18.8 Å². The van der Waals surface area contributed by atoms with Crippen molar-refractivity contribution in [3.8, 4) is 5.75 Å². The molecule has 1 saturated carbocycles. The fourth-order valence-corrected chi connectivity index (χ4v) is 1.73. The van der Waals surface area contributed by atoms with Gasteiger partial charge >= 0.3 is 0 Å². The third-order valence-electron chi connectivity index (χ3n) is 2.97. The molecule has 1 fully saturated rings. The Hall–Kier alpha value is -1.62. The average Bonchev–Trinajstić information content (AvgIpc) is 3.19. The number of methoxy groups -OCH3 is 1. The first-order valence-electron chi connectivity index (χ1n) is 5.74. The third kappa shape index (κ3) is 2.94. The summed E-state index contributed by atoms with van der Waals surface area (Å²) in [6, 6.07) is 1.70. The minimum Gasteiger partial charge on any atom is -0.494 e. The summed E-state index contributed by atoms with van der Waals surface area (Å²) in [5.41, 5.74) is 6.41. The summed E-state index contributed by atoms with van der Waals surface area (Å²) in [6.07, 6.45) is 5.44. The van der Waals surface area contributed by atoms with Crippen molar-refractivity contribution in [3.63, 3.8) is 0 Å². The molecule has 17 heavy (non-hydrogen) atoms. The van der Waals surface area contributed by atoms with Gasteiger partial charge in [-0.05, 0) is 24.8 Å². The van der Waals surface area contributed by atoms with Gasteiger partial charge in [-0.2, -0.15) is 0 Å². The van der Waals surface area contributed by atoms with E-state index in [1.165, 1.54) is 26.1 Å². The summed E-state index contributed by atoms with van der Waals surface area (Å²) in [6.45, 7) is 0.509. The van der Waals surface area contributed by atoms with Gasteiger partial charge in [-0.25, -0.2) is 0 Å². The van der Waals surface area contributed by atoms with Crippen LogP contribution in [0.15, 0.2) is 18.5 Å². The number of nitrogens with two attached hydrogens (primary N) is 1. The number of rotatable bonds is 5. The van der Waals surface area contributed by atoms with Crippen molar-refractivity contribution in [2.45, 2.75) is 18.9 Å². The van der Waals surface area contributed by atoms with Gasteiger partial charge in [-0.1, -0.05) is 0 Å². The number of carbonyl (C=O) groups is 1. The smallest absolute Gasteiger partial charge is 0.255 e. The normalized spacial score (nSPS) is 16.4. The monoisotopic (exact) mass is 235 g/mol. The zero-order valence-corrected chi connectivity index (χ0v) is 9.85. The molecule has 0 saturated heterocycles. The molecule has 92 valence electrons. The molecule has 1 aliphatic rings. The lowest BCUT2D eigenvalue weighted by molar-refractivity contribution is 0.0947. The second-order valence-corrected chi connectivity index (χ2v) is 4.29. The van der Waals surface area contributed by atoms with E-state index < -0.39 is 0 Å². The first-order chi connectivity index (χ1) is 8.22. The molecule has 1 aliphatic carbocycles. The molecule has 5 nitrogen and oxygen atoms in total. The van der Waals surface area contributed by atoms with Crippen LogP contribution in [0.5, 0.6) is 5.75 Å². The van der Waals surface area contributed by atoms with E-state index >= 15 is 0 Å². The van der Waals surface area contributed by atoms with Crippen molar-refractivity contribution in [2.24, 2.45) is 11.7 Å². The van der Waals surface area contributed by atoms with Crippen LogP contribution in [-0.2, 0) is 0 Å². The number of amides is 1. The van der Waals surface area contributed by atoms with E-state index in [0.717, 1.165) is 0 Å². The summed E-state index contributed by atoms with van der Waals surface area (Å²) in [5, 5.41) is 2.82. The maximum absolute atomic E-state index is 11.9. The summed E-state index contributed by atoms with van der Waals surface area (Å²) in [5.74, 6) is 0.889. The van der Waals surface area contributed by atoms with Gasteiger partial charge in [0.1, 0.15) is 5.75 Å². The molecule has 0 spiro atoms. The second-order valence-electron chi connectivity index (χ2n) is 4.29. The Kier molecular flexibility index (Phi) is 3.58. The molecule has 1 heterocycles. The number of pyridine rings is 1. The van der Waals surface area contributed by atoms with Crippen LogP contribution in [0.2, 0.25) is 0 Å². The molecule has 2 rings (SSSR count). The largest absolute Gasteiger partial charge is 0.494 e. The number of hydrogen-bond donors (Lipinski definition) is 2. The topological polar surface area (TPSA) is 77.2 Å². The standard InChI is InChI=1S/C12H17N3O2/c1-17-11-7-14-5-4-9(11)12(16)15-6-10(13)8-2-3-8/h4-5,7-8,10H,2-3,6,13H2,1H3,(H,15,16). The van der Waals surface area contributed by atoms with Crippen LogP contribution < -0.4 is 15.8 Å². The van der Waals surface area contributed by atoms with Crippen LogP contribution >= 0.6 is 0 Å². The van der Waals surface area contributed by atoms with Crippen molar-refractivity contribution in [2.75, 3.05) is 13.7 Å². The van der Waals surface area contributed by atoms with Crippen LogP contribution in [0.1, 0.15) is 23.2 Å². The number of aromatic nitrogens is 1. The van der Waals surface area contributed by atoms with Crippen molar-refractivity contribution in [1.29, 1.82) is 0 Å². The maximum Gasteiger partial charge on any atom is 0.255 e. The van der Waals surface area contributed by atoms with Crippen molar-refractivity contribution in [1.82, 2.24) is 10.3 Å². The van der Waals surface area contributed by atoms with Crippen LogP contribution in [0.3, 0.4) is 0 Å².